The zero-order valence-corrected chi connectivity index (χ0v) is 13.1. The summed E-state index contributed by atoms with van der Waals surface area (Å²) in [6, 6.07) is 11.8. The van der Waals surface area contributed by atoms with E-state index in [1.54, 1.807) is 42.5 Å². The maximum absolute atomic E-state index is 12.0. The molecule has 0 heterocycles. The van der Waals surface area contributed by atoms with Crippen LogP contribution in [-0.2, 0) is 11.2 Å². The van der Waals surface area contributed by atoms with Crippen molar-refractivity contribution in [3.05, 3.63) is 63.6 Å². The Morgan fingerprint density at radius 2 is 1.64 bits per heavy atom. The number of hydrogen-bond donors (Lipinski definition) is 2. The van der Waals surface area contributed by atoms with Crippen LogP contribution in [0.15, 0.2) is 42.5 Å². The van der Waals surface area contributed by atoms with Gasteiger partial charge in [-0.1, -0.05) is 41.4 Å². The molecule has 0 atom stereocenters. The number of nitrogens with two attached hydrogens (primary N) is 1. The summed E-state index contributed by atoms with van der Waals surface area (Å²) >= 11 is 12.1. The van der Waals surface area contributed by atoms with E-state index in [1.165, 1.54) is 0 Å². The highest BCUT2D eigenvalue weighted by molar-refractivity contribution is 6.36. The second-order valence-electron chi connectivity index (χ2n) is 4.66. The molecule has 2 aromatic rings. The standard InChI is InChI=1S/C16H14Cl2N2O2/c17-12-5-3-6-13(18)10(12)8-9-15(21)20-14-7-2-1-4-11(14)16(19)22/h1-7H,8-9H2,(H2,19,22)(H,20,21). The number of carbonyl (C=O) groups is 2. The predicted octanol–water partition coefficient (Wildman–Crippen LogP) is 3.66. The lowest BCUT2D eigenvalue weighted by Crippen LogP contribution is -2.18. The maximum atomic E-state index is 12.0. The summed E-state index contributed by atoms with van der Waals surface area (Å²) in [7, 11) is 0. The van der Waals surface area contributed by atoms with E-state index in [0.29, 0.717) is 22.2 Å². The molecule has 4 nitrogen and oxygen atoms in total. The second-order valence-corrected chi connectivity index (χ2v) is 5.47. The minimum Gasteiger partial charge on any atom is -0.366 e. The Kier molecular flexibility index (Phi) is 5.41. The highest BCUT2D eigenvalue weighted by Gasteiger charge is 2.12. The first kappa shape index (κ1) is 16.3. The molecule has 0 radical (unpaired) electrons. The van der Waals surface area contributed by atoms with Gasteiger partial charge in [-0.05, 0) is 36.2 Å². The van der Waals surface area contributed by atoms with Crippen molar-refractivity contribution in [2.75, 3.05) is 5.32 Å². The lowest BCUT2D eigenvalue weighted by atomic mass is 10.1. The van der Waals surface area contributed by atoms with Crippen LogP contribution in [0.2, 0.25) is 10.0 Å². The predicted molar refractivity (Wildman–Crippen MR) is 88.4 cm³/mol. The van der Waals surface area contributed by atoms with Gasteiger partial charge in [-0.3, -0.25) is 9.59 Å². The largest absolute Gasteiger partial charge is 0.366 e. The first-order chi connectivity index (χ1) is 10.5. The van der Waals surface area contributed by atoms with Crippen LogP contribution >= 0.6 is 23.2 Å². The van der Waals surface area contributed by atoms with Crippen LogP contribution in [-0.4, -0.2) is 11.8 Å². The number of carbonyl (C=O) groups excluding carboxylic acids is 2. The van der Waals surface area contributed by atoms with Gasteiger partial charge in [0, 0.05) is 16.5 Å². The van der Waals surface area contributed by atoms with Gasteiger partial charge < -0.3 is 11.1 Å². The fraction of sp³-hybridized carbons (Fsp3) is 0.125. The van der Waals surface area contributed by atoms with Gasteiger partial charge >= 0.3 is 0 Å². The van der Waals surface area contributed by atoms with E-state index in [1.807, 2.05) is 0 Å². The Bertz CT molecular complexity index is 697. The summed E-state index contributed by atoms with van der Waals surface area (Å²) in [5, 5.41) is 3.73. The van der Waals surface area contributed by atoms with Crippen molar-refractivity contribution in [1.82, 2.24) is 0 Å². The van der Waals surface area contributed by atoms with Crippen LogP contribution in [0.4, 0.5) is 5.69 Å². The molecule has 0 unspecified atom stereocenters. The Labute approximate surface area is 138 Å². The molecule has 0 aliphatic rings. The smallest absolute Gasteiger partial charge is 0.250 e. The van der Waals surface area contributed by atoms with Gasteiger partial charge in [0.1, 0.15) is 0 Å². The molecule has 0 aliphatic carbocycles. The summed E-state index contributed by atoms with van der Waals surface area (Å²) in [5.41, 5.74) is 6.66. The average molecular weight is 337 g/mol. The van der Waals surface area contributed by atoms with E-state index < -0.39 is 5.91 Å². The van der Waals surface area contributed by atoms with Gasteiger partial charge in [0.2, 0.25) is 5.91 Å². The molecule has 6 heteroatoms. The van der Waals surface area contributed by atoms with Crippen molar-refractivity contribution in [2.24, 2.45) is 5.73 Å². The second kappa shape index (κ2) is 7.29. The number of benzene rings is 2. The van der Waals surface area contributed by atoms with Crippen molar-refractivity contribution >= 4 is 40.7 Å². The summed E-state index contributed by atoms with van der Waals surface area (Å²) in [4.78, 5) is 23.3. The van der Waals surface area contributed by atoms with Crippen molar-refractivity contribution < 1.29 is 9.59 Å². The van der Waals surface area contributed by atoms with Crippen LogP contribution in [0.1, 0.15) is 22.3 Å². The van der Waals surface area contributed by atoms with Gasteiger partial charge in [-0.2, -0.15) is 0 Å². The Balaban J connectivity index is 2.04. The molecule has 114 valence electrons. The van der Waals surface area contributed by atoms with Gasteiger partial charge in [-0.15, -0.1) is 0 Å². The normalized spacial score (nSPS) is 10.3. The van der Waals surface area contributed by atoms with Gasteiger partial charge in [0.05, 0.1) is 11.3 Å². The number of amides is 2. The number of halogens is 2. The van der Waals surface area contributed by atoms with Crippen molar-refractivity contribution in [1.29, 1.82) is 0 Å². The Hall–Kier alpha value is -2.04. The molecule has 0 aliphatic heterocycles. The van der Waals surface area contributed by atoms with Crippen LogP contribution in [0.3, 0.4) is 0 Å². The van der Waals surface area contributed by atoms with Crippen molar-refractivity contribution in [3.8, 4) is 0 Å². The third kappa shape index (κ3) is 4.00. The van der Waals surface area contributed by atoms with E-state index in [2.05, 4.69) is 5.32 Å². The molecular formula is C16H14Cl2N2O2. The number of anilines is 1. The monoisotopic (exact) mass is 336 g/mol. The zero-order chi connectivity index (χ0) is 16.1. The van der Waals surface area contributed by atoms with Gasteiger partial charge in [0.15, 0.2) is 0 Å². The zero-order valence-electron chi connectivity index (χ0n) is 11.6. The van der Waals surface area contributed by atoms with E-state index in [4.69, 9.17) is 28.9 Å². The van der Waals surface area contributed by atoms with Gasteiger partial charge in [0.25, 0.3) is 5.91 Å². The molecule has 0 fully saturated rings. The first-order valence-electron chi connectivity index (χ1n) is 6.60. The van der Waals surface area contributed by atoms with Crippen LogP contribution < -0.4 is 11.1 Å². The van der Waals surface area contributed by atoms with Crippen molar-refractivity contribution in [2.45, 2.75) is 12.8 Å². The van der Waals surface area contributed by atoms with Crippen molar-refractivity contribution in [3.63, 3.8) is 0 Å². The molecule has 0 spiro atoms. The third-order valence-corrected chi connectivity index (χ3v) is 3.84. The minimum atomic E-state index is -0.593. The molecule has 3 N–H and O–H groups in total. The average Bonchev–Trinajstić information content (AvgIpc) is 2.47. The number of primary amides is 1. The SMILES string of the molecule is NC(=O)c1ccccc1NC(=O)CCc1c(Cl)cccc1Cl. The number of nitrogens with one attached hydrogen (secondary N) is 1. The molecule has 0 saturated heterocycles. The Morgan fingerprint density at radius 3 is 2.27 bits per heavy atom. The lowest BCUT2D eigenvalue weighted by molar-refractivity contribution is -0.116. The molecule has 2 rings (SSSR count). The van der Waals surface area contributed by atoms with Crippen LogP contribution in [0.25, 0.3) is 0 Å². The van der Waals surface area contributed by atoms with E-state index in [-0.39, 0.29) is 17.9 Å². The molecule has 0 aromatic heterocycles. The Morgan fingerprint density at radius 1 is 1.00 bits per heavy atom. The summed E-state index contributed by atoms with van der Waals surface area (Å²) in [5.74, 6) is -0.838. The van der Waals surface area contributed by atoms with E-state index >= 15 is 0 Å². The summed E-state index contributed by atoms with van der Waals surface area (Å²) < 4.78 is 0. The lowest BCUT2D eigenvalue weighted by Gasteiger charge is -2.10. The topological polar surface area (TPSA) is 72.2 Å². The number of para-hydroxylation sites is 1. The van der Waals surface area contributed by atoms with Crippen LogP contribution in [0, 0.1) is 0 Å². The molecule has 2 amide bonds. The van der Waals surface area contributed by atoms with E-state index in [0.717, 1.165) is 5.56 Å². The molecule has 2 aromatic carbocycles. The minimum absolute atomic E-state index is 0.191. The first-order valence-corrected chi connectivity index (χ1v) is 7.36. The van der Waals surface area contributed by atoms with E-state index in [9.17, 15) is 9.59 Å². The quantitative estimate of drug-likeness (QED) is 0.874. The highest BCUT2D eigenvalue weighted by Crippen LogP contribution is 2.25. The highest BCUT2D eigenvalue weighted by atomic mass is 35.5. The molecular weight excluding hydrogens is 323 g/mol. The van der Waals surface area contributed by atoms with Crippen LogP contribution in [0.5, 0.6) is 0 Å². The van der Waals surface area contributed by atoms with Gasteiger partial charge in [-0.25, -0.2) is 0 Å². The number of hydrogen-bond acceptors (Lipinski definition) is 2. The number of rotatable bonds is 5. The third-order valence-electron chi connectivity index (χ3n) is 3.13. The molecule has 0 bridgehead atoms. The fourth-order valence-electron chi connectivity index (χ4n) is 2.03. The summed E-state index contributed by atoms with van der Waals surface area (Å²) in [6.45, 7) is 0. The molecule has 0 saturated carbocycles. The molecule has 22 heavy (non-hydrogen) atoms. The fourth-order valence-corrected chi connectivity index (χ4v) is 2.62. The summed E-state index contributed by atoms with van der Waals surface area (Å²) in [6.07, 6.45) is 0.597. The maximum Gasteiger partial charge on any atom is 0.250 e.